The summed E-state index contributed by atoms with van der Waals surface area (Å²) in [7, 11) is 0. The van der Waals surface area contributed by atoms with Gasteiger partial charge in [-0.3, -0.25) is 4.79 Å². The van der Waals surface area contributed by atoms with E-state index in [9.17, 15) is 14.7 Å². The monoisotopic (exact) mass is 265 g/mol. The minimum Gasteiger partial charge on any atom is -0.478 e. The zero-order valence-corrected chi connectivity index (χ0v) is 11.1. The fourth-order valence-corrected chi connectivity index (χ4v) is 1.76. The Labute approximate surface area is 112 Å². The summed E-state index contributed by atoms with van der Waals surface area (Å²) in [5.74, 6) is -1.36. The van der Waals surface area contributed by atoms with Crippen LogP contribution in [0, 0.1) is 0 Å². The molecule has 0 aliphatic carbocycles. The molecule has 5 nitrogen and oxygen atoms in total. The van der Waals surface area contributed by atoms with Crippen LogP contribution in [0.15, 0.2) is 24.3 Å². The third kappa shape index (κ3) is 4.71. The van der Waals surface area contributed by atoms with Crippen molar-refractivity contribution in [2.24, 2.45) is 0 Å². The van der Waals surface area contributed by atoms with Crippen LogP contribution >= 0.6 is 0 Å². The summed E-state index contributed by atoms with van der Waals surface area (Å²) in [4.78, 5) is 22.5. The fourth-order valence-electron chi connectivity index (χ4n) is 1.76. The third-order valence-electron chi connectivity index (χ3n) is 2.81. The maximum atomic E-state index is 11.8. The van der Waals surface area contributed by atoms with Crippen LogP contribution in [0.1, 0.15) is 47.4 Å². The summed E-state index contributed by atoms with van der Waals surface area (Å²) in [6.07, 6.45) is 1.43. The molecule has 0 aromatic heterocycles. The second-order valence-corrected chi connectivity index (χ2v) is 4.81. The largest absolute Gasteiger partial charge is 0.478 e. The molecule has 19 heavy (non-hydrogen) atoms. The third-order valence-corrected chi connectivity index (χ3v) is 2.81. The minimum absolute atomic E-state index is 0.134. The highest BCUT2D eigenvalue weighted by Gasteiger charge is 2.20. The molecule has 0 heterocycles. The van der Waals surface area contributed by atoms with Gasteiger partial charge in [-0.2, -0.15) is 0 Å². The van der Waals surface area contributed by atoms with Crippen molar-refractivity contribution in [2.75, 3.05) is 6.54 Å². The first kappa shape index (κ1) is 15.2. The lowest BCUT2D eigenvalue weighted by atomic mass is 10.0. The Hall–Kier alpha value is -1.88. The zero-order chi connectivity index (χ0) is 14.5. The van der Waals surface area contributed by atoms with E-state index >= 15 is 0 Å². The van der Waals surface area contributed by atoms with Crippen molar-refractivity contribution in [3.63, 3.8) is 0 Å². The van der Waals surface area contributed by atoms with Crippen molar-refractivity contribution in [3.8, 4) is 0 Å². The van der Waals surface area contributed by atoms with Crippen LogP contribution in [-0.4, -0.2) is 34.2 Å². The lowest BCUT2D eigenvalue weighted by Gasteiger charge is -2.22. The Kier molecular flexibility index (Phi) is 5.06. The number of aromatic carboxylic acids is 1. The maximum Gasteiger partial charge on any atom is 0.335 e. The van der Waals surface area contributed by atoms with Crippen LogP contribution in [0.2, 0.25) is 0 Å². The van der Waals surface area contributed by atoms with Gasteiger partial charge in [0.15, 0.2) is 0 Å². The summed E-state index contributed by atoms with van der Waals surface area (Å²) in [5.41, 5.74) is -0.419. The summed E-state index contributed by atoms with van der Waals surface area (Å²) in [6, 6.07) is 5.66. The Balaban J connectivity index is 2.61. The highest BCUT2D eigenvalue weighted by molar-refractivity contribution is 5.95. The van der Waals surface area contributed by atoms with Gasteiger partial charge < -0.3 is 15.5 Å². The molecule has 0 saturated heterocycles. The van der Waals surface area contributed by atoms with E-state index in [0.29, 0.717) is 12.0 Å². The average molecular weight is 265 g/mol. The van der Waals surface area contributed by atoms with Crippen molar-refractivity contribution in [1.82, 2.24) is 5.32 Å². The number of hydrogen-bond donors (Lipinski definition) is 3. The van der Waals surface area contributed by atoms with Crippen molar-refractivity contribution in [1.29, 1.82) is 0 Å². The van der Waals surface area contributed by atoms with Crippen molar-refractivity contribution in [2.45, 2.75) is 32.3 Å². The average Bonchev–Trinajstić information content (AvgIpc) is 2.36. The molecular weight excluding hydrogens is 246 g/mol. The minimum atomic E-state index is -1.03. The SMILES string of the molecule is CCCC(C)(O)CNC(=O)c1ccc(C(=O)O)cc1. The van der Waals surface area contributed by atoms with Gasteiger partial charge in [0, 0.05) is 12.1 Å². The van der Waals surface area contributed by atoms with Crippen LogP contribution < -0.4 is 5.32 Å². The number of hydrogen-bond acceptors (Lipinski definition) is 3. The quantitative estimate of drug-likeness (QED) is 0.730. The number of carbonyl (C=O) groups is 2. The van der Waals surface area contributed by atoms with Crippen LogP contribution in [0.25, 0.3) is 0 Å². The van der Waals surface area contributed by atoms with Crippen LogP contribution in [0.5, 0.6) is 0 Å². The maximum absolute atomic E-state index is 11.8. The Bertz CT molecular complexity index is 451. The molecule has 0 radical (unpaired) electrons. The Morgan fingerprint density at radius 2 is 1.74 bits per heavy atom. The van der Waals surface area contributed by atoms with Crippen molar-refractivity contribution < 1.29 is 19.8 Å². The molecule has 5 heteroatoms. The zero-order valence-electron chi connectivity index (χ0n) is 11.1. The molecule has 1 aromatic rings. The van der Waals surface area contributed by atoms with Gasteiger partial charge in [-0.15, -0.1) is 0 Å². The molecule has 0 spiro atoms. The fraction of sp³-hybridized carbons (Fsp3) is 0.429. The number of nitrogens with one attached hydrogen (secondary N) is 1. The first-order valence-electron chi connectivity index (χ1n) is 6.19. The topological polar surface area (TPSA) is 86.6 Å². The standard InChI is InChI=1S/C14H19NO4/c1-3-8-14(2,19)9-15-12(16)10-4-6-11(7-5-10)13(17)18/h4-7,19H,3,8-9H2,1-2H3,(H,15,16)(H,17,18). The van der Waals surface area contributed by atoms with Gasteiger partial charge in [-0.05, 0) is 37.6 Å². The first-order valence-corrected chi connectivity index (χ1v) is 6.19. The highest BCUT2D eigenvalue weighted by atomic mass is 16.4. The van der Waals surface area contributed by atoms with E-state index in [1.807, 2.05) is 6.92 Å². The number of carboxylic acids is 1. The van der Waals surface area contributed by atoms with E-state index < -0.39 is 11.6 Å². The summed E-state index contributed by atoms with van der Waals surface area (Å²) in [5, 5.41) is 21.3. The number of benzene rings is 1. The molecule has 3 N–H and O–H groups in total. The summed E-state index contributed by atoms with van der Waals surface area (Å²) >= 11 is 0. The summed E-state index contributed by atoms with van der Waals surface area (Å²) in [6.45, 7) is 3.80. The molecule has 1 atom stereocenters. The second kappa shape index (κ2) is 6.33. The number of amides is 1. The summed E-state index contributed by atoms with van der Waals surface area (Å²) < 4.78 is 0. The molecule has 1 aromatic carbocycles. The van der Waals surface area contributed by atoms with E-state index in [1.165, 1.54) is 24.3 Å². The molecular formula is C14H19NO4. The van der Waals surface area contributed by atoms with E-state index in [1.54, 1.807) is 6.92 Å². The van der Waals surface area contributed by atoms with E-state index in [-0.39, 0.29) is 18.0 Å². The van der Waals surface area contributed by atoms with E-state index in [0.717, 1.165) is 6.42 Å². The van der Waals surface area contributed by atoms with Crippen molar-refractivity contribution in [3.05, 3.63) is 35.4 Å². The smallest absolute Gasteiger partial charge is 0.335 e. The number of carboxylic acid groups (broad SMARTS) is 1. The van der Waals surface area contributed by atoms with Gasteiger partial charge in [-0.25, -0.2) is 4.79 Å². The molecule has 0 bridgehead atoms. The van der Waals surface area contributed by atoms with Crippen LogP contribution in [-0.2, 0) is 0 Å². The van der Waals surface area contributed by atoms with Crippen LogP contribution in [0.3, 0.4) is 0 Å². The lowest BCUT2D eigenvalue weighted by molar-refractivity contribution is 0.0469. The van der Waals surface area contributed by atoms with Gasteiger partial charge in [0.1, 0.15) is 0 Å². The molecule has 104 valence electrons. The number of aliphatic hydroxyl groups is 1. The molecule has 0 aliphatic heterocycles. The number of rotatable bonds is 6. The predicted molar refractivity (Wildman–Crippen MR) is 71.3 cm³/mol. The normalized spacial score (nSPS) is 13.6. The molecule has 0 aliphatic rings. The molecule has 1 unspecified atom stereocenters. The predicted octanol–water partition coefficient (Wildman–Crippen LogP) is 1.67. The lowest BCUT2D eigenvalue weighted by Crippen LogP contribution is -2.40. The van der Waals surface area contributed by atoms with Gasteiger partial charge in [0.05, 0.1) is 11.2 Å². The molecule has 1 amide bonds. The van der Waals surface area contributed by atoms with Gasteiger partial charge in [0.2, 0.25) is 0 Å². The highest BCUT2D eigenvalue weighted by Crippen LogP contribution is 2.11. The van der Waals surface area contributed by atoms with Gasteiger partial charge in [-0.1, -0.05) is 13.3 Å². The van der Waals surface area contributed by atoms with Gasteiger partial charge in [0.25, 0.3) is 5.91 Å². The molecule has 0 fully saturated rings. The number of carbonyl (C=O) groups excluding carboxylic acids is 1. The Morgan fingerprint density at radius 1 is 1.21 bits per heavy atom. The molecule has 0 saturated carbocycles. The van der Waals surface area contributed by atoms with Crippen molar-refractivity contribution >= 4 is 11.9 Å². The molecule has 1 rings (SSSR count). The van der Waals surface area contributed by atoms with Crippen LogP contribution in [0.4, 0.5) is 0 Å². The first-order chi connectivity index (χ1) is 8.85. The van der Waals surface area contributed by atoms with E-state index in [4.69, 9.17) is 5.11 Å². The second-order valence-electron chi connectivity index (χ2n) is 4.81. The Morgan fingerprint density at radius 3 is 2.21 bits per heavy atom. The van der Waals surface area contributed by atoms with Gasteiger partial charge >= 0.3 is 5.97 Å². The van der Waals surface area contributed by atoms with E-state index in [2.05, 4.69) is 5.32 Å².